The molecule has 0 aromatic rings. The molecule has 1 heterocycles. The molecule has 70 valence electrons. The van der Waals surface area contributed by atoms with Crippen LogP contribution in [0.5, 0.6) is 0 Å². The van der Waals surface area contributed by atoms with Crippen molar-refractivity contribution in [2.45, 2.75) is 6.10 Å². The molecule has 0 radical (unpaired) electrons. The summed E-state index contributed by atoms with van der Waals surface area (Å²) in [6.07, 6.45) is -0.981. The van der Waals surface area contributed by atoms with E-state index in [1.807, 2.05) is 0 Å². The van der Waals surface area contributed by atoms with E-state index in [1.54, 1.807) is 0 Å². The SMILES string of the molecule is COCC(O)CN1CCOC1=O. The molecule has 0 saturated carbocycles. The van der Waals surface area contributed by atoms with Gasteiger partial charge in [0.1, 0.15) is 6.61 Å². The fraction of sp³-hybridized carbons (Fsp3) is 0.857. The molecular weight excluding hydrogens is 162 g/mol. The van der Waals surface area contributed by atoms with Gasteiger partial charge in [0.15, 0.2) is 0 Å². The van der Waals surface area contributed by atoms with E-state index in [1.165, 1.54) is 12.0 Å². The van der Waals surface area contributed by atoms with Crippen molar-refractivity contribution >= 4 is 6.09 Å². The summed E-state index contributed by atoms with van der Waals surface area (Å²) >= 11 is 0. The highest BCUT2D eigenvalue weighted by Crippen LogP contribution is 2.03. The summed E-state index contributed by atoms with van der Waals surface area (Å²) in [5.41, 5.74) is 0. The first-order valence-corrected chi connectivity index (χ1v) is 3.82. The molecule has 0 spiro atoms. The van der Waals surface area contributed by atoms with Crippen LogP contribution in [0.1, 0.15) is 0 Å². The predicted octanol–water partition coefficient (Wildman–Crippen LogP) is -0.554. The number of hydrogen-bond acceptors (Lipinski definition) is 4. The molecule has 12 heavy (non-hydrogen) atoms. The third-order valence-corrected chi connectivity index (χ3v) is 1.64. The Balaban J connectivity index is 2.25. The van der Waals surface area contributed by atoms with E-state index in [9.17, 15) is 9.90 Å². The fourth-order valence-electron chi connectivity index (χ4n) is 1.09. The molecule has 1 rings (SSSR count). The molecule has 0 aromatic heterocycles. The van der Waals surface area contributed by atoms with Crippen molar-refractivity contribution in [1.82, 2.24) is 4.90 Å². The van der Waals surface area contributed by atoms with E-state index in [2.05, 4.69) is 4.74 Å². The van der Waals surface area contributed by atoms with Crippen molar-refractivity contribution in [3.05, 3.63) is 0 Å². The molecule has 1 atom stereocenters. The second kappa shape index (κ2) is 4.27. The molecule has 1 fully saturated rings. The average molecular weight is 175 g/mol. The minimum Gasteiger partial charge on any atom is -0.448 e. The fourth-order valence-corrected chi connectivity index (χ4v) is 1.09. The van der Waals surface area contributed by atoms with E-state index in [0.717, 1.165) is 0 Å². The highest BCUT2D eigenvalue weighted by molar-refractivity contribution is 5.69. The highest BCUT2D eigenvalue weighted by atomic mass is 16.6. The Kier molecular flexibility index (Phi) is 3.31. The van der Waals surface area contributed by atoms with Crippen LogP contribution in [0, 0.1) is 0 Å². The van der Waals surface area contributed by atoms with Crippen LogP contribution >= 0.6 is 0 Å². The van der Waals surface area contributed by atoms with Crippen LogP contribution in [0.4, 0.5) is 4.79 Å². The van der Waals surface area contributed by atoms with Gasteiger partial charge in [0.05, 0.1) is 25.8 Å². The van der Waals surface area contributed by atoms with Crippen LogP contribution in [0.2, 0.25) is 0 Å². The summed E-state index contributed by atoms with van der Waals surface area (Å²) in [7, 11) is 1.51. The minimum absolute atomic E-state index is 0.240. The van der Waals surface area contributed by atoms with Crippen molar-refractivity contribution in [2.75, 3.05) is 33.4 Å². The Bertz CT molecular complexity index is 161. The molecule has 0 bridgehead atoms. The number of methoxy groups -OCH3 is 1. The number of β-amino-alcohol motifs (C(OH)–C–C–N with tert-alkyl or cyclic N) is 1. The lowest BCUT2D eigenvalue weighted by atomic mass is 10.3. The first-order chi connectivity index (χ1) is 5.74. The zero-order valence-electron chi connectivity index (χ0n) is 7.02. The summed E-state index contributed by atoms with van der Waals surface area (Å²) in [6, 6.07) is 0. The Morgan fingerprint density at radius 3 is 3.08 bits per heavy atom. The number of carbonyl (C=O) groups excluding carboxylic acids is 1. The maximum absolute atomic E-state index is 10.9. The van der Waals surface area contributed by atoms with Crippen LogP contribution in [0.15, 0.2) is 0 Å². The third-order valence-electron chi connectivity index (χ3n) is 1.64. The molecule has 0 aromatic carbocycles. The summed E-state index contributed by atoms with van der Waals surface area (Å²) in [5, 5.41) is 9.25. The van der Waals surface area contributed by atoms with Gasteiger partial charge in [0.25, 0.3) is 0 Å². The summed E-state index contributed by atoms with van der Waals surface area (Å²) < 4.78 is 9.40. The smallest absolute Gasteiger partial charge is 0.410 e. The van der Waals surface area contributed by atoms with Gasteiger partial charge in [-0.15, -0.1) is 0 Å². The average Bonchev–Trinajstić information content (AvgIpc) is 2.37. The van der Waals surface area contributed by atoms with E-state index >= 15 is 0 Å². The Labute approximate surface area is 70.9 Å². The van der Waals surface area contributed by atoms with Crippen LogP contribution in [0.25, 0.3) is 0 Å². The lowest BCUT2D eigenvalue weighted by Crippen LogP contribution is -2.35. The van der Waals surface area contributed by atoms with Crippen LogP contribution < -0.4 is 0 Å². The number of aliphatic hydroxyl groups is 1. The Hall–Kier alpha value is -0.810. The van der Waals surface area contributed by atoms with Crippen LogP contribution in [-0.2, 0) is 9.47 Å². The molecule has 0 aliphatic carbocycles. The molecule has 1 saturated heterocycles. The molecular formula is C7H13NO4. The second-order valence-corrected chi connectivity index (χ2v) is 2.67. The van der Waals surface area contributed by atoms with E-state index in [0.29, 0.717) is 13.2 Å². The molecule has 1 unspecified atom stereocenters. The number of ether oxygens (including phenoxy) is 2. The number of carbonyl (C=O) groups is 1. The maximum Gasteiger partial charge on any atom is 0.410 e. The molecule has 5 nitrogen and oxygen atoms in total. The number of aliphatic hydroxyl groups excluding tert-OH is 1. The van der Waals surface area contributed by atoms with Gasteiger partial charge in [-0.25, -0.2) is 4.79 Å². The van der Waals surface area contributed by atoms with Crippen molar-refractivity contribution < 1.29 is 19.4 Å². The van der Waals surface area contributed by atoms with Crippen LogP contribution in [-0.4, -0.2) is 55.6 Å². The normalized spacial score (nSPS) is 19.5. The van der Waals surface area contributed by atoms with E-state index < -0.39 is 6.10 Å². The first-order valence-electron chi connectivity index (χ1n) is 3.82. The summed E-state index contributed by atoms with van der Waals surface area (Å²) in [4.78, 5) is 12.3. The lowest BCUT2D eigenvalue weighted by Gasteiger charge is -2.16. The van der Waals surface area contributed by atoms with Gasteiger partial charge in [-0.3, -0.25) is 0 Å². The van der Waals surface area contributed by atoms with Crippen molar-refractivity contribution in [1.29, 1.82) is 0 Å². The number of nitrogens with zero attached hydrogens (tertiary/aromatic N) is 1. The number of hydrogen-bond donors (Lipinski definition) is 1. The molecule has 5 heteroatoms. The van der Waals surface area contributed by atoms with Crippen molar-refractivity contribution in [3.63, 3.8) is 0 Å². The van der Waals surface area contributed by atoms with Gasteiger partial charge in [0, 0.05) is 7.11 Å². The van der Waals surface area contributed by atoms with Gasteiger partial charge >= 0.3 is 6.09 Å². The number of amides is 1. The van der Waals surface area contributed by atoms with E-state index in [-0.39, 0.29) is 19.2 Å². The first kappa shape index (κ1) is 9.28. The summed E-state index contributed by atoms with van der Waals surface area (Å²) in [6.45, 7) is 1.49. The molecule has 1 amide bonds. The maximum atomic E-state index is 10.9. The quantitative estimate of drug-likeness (QED) is 0.622. The molecule has 1 N–H and O–H groups in total. The zero-order valence-corrected chi connectivity index (χ0v) is 7.02. The molecule has 1 aliphatic heterocycles. The largest absolute Gasteiger partial charge is 0.448 e. The van der Waals surface area contributed by atoms with Gasteiger partial charge in [0.2, 0.25) is 0 Å². The van der Waals surface area contributed by atoms with Gasteiger partial charge in [-0.05, 0) is 0 Å². The Morgan fingerprint density at radius 2 is 2.58 bits per heavy atom. The lowest BCUT2D eigenvalue weighted by molar-refractivity contribution is 0.0465. The third kappa shape index (κ3) is 2.35. The van der Waals surface area contributed by atoms with Crippen molar-refractivity contribution in [3.8, 4) is 0 Å². The van der Waals surface area contributed by atoms with Gasteiger partial charge < -0.3 is 19.5 Å². The zero-order chi connectivity index (χ0) is 8.97. The van der Waals surface area contributed by atoms with E-state index in [4.69, 9.17) is 4.74 Å². The van der Waals surface area contributed by atoms with Gasteiger partial charge in [-0.1, -0.05) is 0 Å². The van der Waals surface area contributed by atoms with Crippen LogP contribution in [0.3, 0.4) is 0 Å². The summed E-state index contributed by atoms with van der Waals surface area (Å²) in [5.74, 6) is 0. The number of cyclic esters (lactones) is 1. The monoisotopic (exact) mass is 175 g/mol. The highest BCUT2D eigenvalue weighted by Gasteiger charge is 2.23. The topological polar surface area (TPSA) is 59.0 Å². The Morgan fingerprint density at radius 1 is 1.83 bits per heavy atom. The predicted molar refractivity (Wildman–Crippen MR) is 40.8 cm³/mol. The molecule has 1 aliphatic rings. The standard InChI is InChI=1S/C7H13NO4/c1-11-5-6(9)4-8-2-3-12-7(8)10/h6,9H,2-5H2,1H3. The number of rotatable bonds is 4. The van der Waals surface area contributed by atoms with Gasteiger partial charge in [-0.2, -0.15) is 0 Å². The minimum atomic E-state index is -0.624. The van der Waals surface area contributed by atoms with Crippen molar-refractivity contribution in [2.24, 2.45) is 0 Å². The second-order valence-electron chi connectivity index (χ2n) is 2.67.